The Morgan fingerprint density at radius 3 is 2.38 bits per heavy atom. The van der Waals surface area contributed by atoms with Gasteiger partial charge in [-0.05, 0) is 29.7 Å². The van der Waals surface area contributed by atoms with E-state index in [9.17, 15) is 8.42 Å². The Balaban J connectivity index is 0.00000300. The number of halogens is 1. The number of aliphatic imine (C=N–C) groups is 1. The summed E-state index contributed by atoms with van der Waals surface area (Å²) in [4.78, 5) is 6.71. The molecule has 1 saturated heterocycles. The van der Waals surface area contributed by atoms with Crippen molar-refractivity contribution >= 4 is 45.5 Å². The predicted molar refractivity (Wildman–Crippen MR) is 131 cm³/mol. The molecule has 1 unspecified atom stereocenters. The Morgan fingerprint density at radius 2 is 1.76 bits per heavy atom. The molecule has 2 aromatic carbocycles. The van der Waals surface area contributed by atoms with Gasteiger partial charge in [0.25, 0.3) is 0 Å². The van der Waals surface area contributed by atoms with Crippen molar-refractivity contribution in [3.63, 3.8) is 0 Å². The van der Waals surface area contributed by atoms with Gasteiger partial charge in [0.05, 0.1) is 5.75 Å². The molecule has 1 heterocycles. The van der Waals surface area contributed by atoms with Crippen LogP contribution >= 0.6 is 24.0 Å². The van der Waals surface area contributed by atoms with E-state index >= 15 is 0 Å². The van der Waals surface area contributed by atoms with Gasteiger partial charge in [0, 0.05) is 44.7 Å². The monoisotopic (exact) mass is 528 g/mol. The Kier molecular flexibility index (Phi) is 8.76. The van der Waals surface area contributed by atoms with E-state index in [2.05, 4.69) is 44.8 Å². The van der Waals surface area contributed by atoms with Gasteiger partial charge in [0.1, 0.15) is 0 Å². The van der Waals surface area contributed by atoms with E-state index in [4.69, 9.17) is 0 Å². The smallest absolute Gasteiger partial charge is 0.191 e. The molecule has 8 heteroatoms. The van der Waals surface area contributed by atoms with Gasteiger partial charge in [0.15, 0.2) is 15.8 Å². The quantitative estimate of drug-likeness (QED) is 0.343. The minimum absolute atomic E-state index is 0. The van der Waals surface area contributed by atoms with Crippen LogP contribution in [0.1, 0.15) is 17.5 Å². The molecular weight excluding hydrogens is 499 g/mol. The number of hydrogen-bond donors (Lipinski definition) is 2. The van der Waals surface area contributed by atoms with Crippen LogP contribution in [0.3, 0.4) is 0 Å². The van der Waals surface area contributed by atoms with E-state index in [0.29, 0.717) is 12.6 Å². The summed E-state index contributed by atoms with van der Waals surface area (Å²) in [6, 6.07) is 18.4. The number of guanidine groups is 1. The fourth-order valence-electron chi connectivity index (χ4n) is 3.38. The van der Waals surface area contributed by atoms with E-state index in [-0.39, 0.29) is 29.7 Å². The molecule has 0 saturated carbocycles. The Labute approximate surface area is 190 Å². The number of para-hydroxylation sites is 1. The van der Waals surface area contributed by atoms with Gasteiger partial charge in [-0.3, -0.25) is 4.99 Å². The van der Waals surface area contributed by atoms with Crippen molar-refractivity contribution in [2.75, 3.05) is 31.3 Å². The first-order valence-corrected chi connectivity index (χ1v) is 11.5. The van der Waals surface area contributed by atoms with Crippen LogP contribution in [0.15, 0.2) is 59.6 Å². The normalized spacial score (nSPS) is 17.0. The van der Waals surface area contributed by atoms with E-state index in [1.165, 1.54) is 11.9 Å². The molecule has 1 aliphatic heterocycles. The second-order valence-corrected chi connectivity index (χ2v) is 9.36. The van der Waals surface area contributed by atoms with Crippen molar-refractivity contribution in [3.05, 3.63) is 65.7 Å². The summed E-state index contributed by atoms with van der Waals surface area (Å²) in [5.41, 5.74) is 3.14. The van der Waals surface area contributed by atoms with Crippen molar-refractivity contribution in [2.24, 2.45) is 4.99 Å². The molecule has 0 aliphatic carbocycles. The summed E-state index contributed by atoms with van der Waals surface area (Å²) < 4.78 is 22.8. The Bertz CT molecular complexity index is 902. The molecule has 2 aromatic rings. The van der Waals surface area contributed by atoms with Crippen LogP contribution in [0.25, 0.3) is 0 Å². The Morgan fingerprint density at radius 1 is 1.10 bits per heavy atom. The van der Waals surface area contributed by atoms with Gasteiger partial charge in [-0.15, -0.1) is 24.0 Å². The molecule has 1 atom stereocenters. The molecular formula is C21H29IN4O2S. The topological polar surface area (TPSA) is 73.8 Å². The fraction of sp³-hybridized carbons (Fsp3) is 0.381. The van der Waals surface area contributed by atoms with Crippen molar-refractivity contribution in [2.45, 2.75) is 24.8 Å². The molecule has 158 valence electrons. The number of rotatable bonds is 6. The molecule has 0 spiro atoms. The third-order valence-electron chi connectivity index (χ3n) is 4.79. The summed E-state index contributed by atoms with van der Waals surface area (Å²) in [6.07, 6.45) is 2.32. The summed E-state index contributed by atoms with van der Waals surface area (Å²) in [6.45, 7) is 2.61. The number of hydrogen-bond acceptors (Lipinski definition) is 4. The molecule has 0 bridgehead atoms. The summed E-state index contributed by atoms with van der Waals surface area (Å²) in [7, 11) is -1.23. The highest BCUT2D eigenvalue weighted by atomic mass is 127. The van der Waals surface area contributed by atoms with Crippen molar-refractivity contribution in [1.82, 2.24) is 10.6 Å². The lowest BCUT2D eigenvalue weighted by atomic mass is 10.1. The second-order valence-electron chi connectivity index (χ2n) is 7.22. The molecule has 6 nitrogen and oxygen atoms in total. The first-order chi connectivity index (χ1) is 13.4. The molecule has 2 N–H and O–H groups in total. The number of nitrogens with one attached hydrogen (secondary N) is 2. The minimum Gasteiger partial charge on any atom is -0.369 e. The average molecular weight is 528 g/mol. The highest BCUT2D eigenvalue weighted by Crippen LogP contribution is 2.19. The number of sulfone groups is 1. The predicted octanol–water partition coefficient (Wildman–Crippen LogP) is 2.79. The maximum Gasteiger partial charge on any atom is 0.191 e. The largest absolute Gasteiger partial charge is 0.369 e. The molecule has 1 fully saturated rings. The number of anilines is 1. The van der Waals surface area contributed by atoms with Crippen LogP contribution in [0.4, 0.5) is 5.69 Å². The lowest BCUT2D eigenvalue weighted by molar-refractivity contribution is 0.601. The summed E-state index contributed by atoms with van der Waals surface area (Å²) in [5, 5.41) is 6.83. The summed E-state index contributed by atoms with van der Waals surface area (Å²) in [5.74, 6) is 0.851. The highest BCUT2D eigenvalue weighted by molar-refractivity contribution is 14.0. The lowest BCUT2D eigenvalue weighted by Crippen LogP contribution is -2.44. The zero-order valence-electron chi connectivity index (χ0n) is 16.8. The van der Waals surface area contributed by atoms with Gasteiger partial charge in [-0.2, -0.15) is 0 Å². The standard InChI is InChI=1S/C21H28N4O2S.HI/c1-22-21(23-14-17-8-10-18(11-9-17)16-28(2,26)27)24-19-12-13-25(15-19)20-6-4-3-5-7-20;/h3-11,19H,12-16H2,1-2H3,(H2,22,23,24);1H. The van der Waals surface area contributed by atoms with E-state index < -0.39 is 9.84 Å². The van der Waals surface area contributed by atoms with Gasteiger partial charge in [0.2, 0.25) is 0 Å². The highest BCUT2D eigenvalue weighted by Gasteiger charge is 2.23. The van der Waals surface area contributed by atoms with E-state index in [0.717, 1.165) is 36.6 Å². The lowest BCUT2D eigenvalue weighted by Gasteiger charge is -2.20. The van der Waals surface area contributed by atoms with Crippen LogP contribution in [-0.2, 0) is 22.1 Å². The second kappa shape index (κ2) is 10.8. The third-order valence-corrected chi connectivity index (χ3v) is 5.64. The molecule has 29 heavy (non-hydrogen) atoms. The fourth-order valence-corrected chi connectivity index (χ4v) is 4.18. The van der Waals surface area contributed by atoms with Gasteiger partial charge >= 0.3 is 0 Å². The molecule has 3 rings (SSSR count). The average Bonchev–Trinajstić information content (AvgIpc) is 3.14. The first-order valence-electron chi connectivity index (χ1n) is 9.46. The van der Waals surface area contributed by atoms with Crippen molar-refractivity contribution < 1.29 is 8.42 Å². The number of benzene rings is 2. The van der Waals surface area contributed by atoms with Crippen LogP contribution in [0.5, 0.6) is 0 Å². The third kappa shape index (κ3) is 7.50. The molecule has 0 aromatic heterocycles. The van der Waals surface area contributed by atoms with Gasteiger partial charge in [-0.1, -0.05) is 42.5 Å². The SMILES string of the molecule is CN=C(NCc1ccc(CS(C)(=O)=O)cc1)NC1CCN(c2ccccc2)C1.I. The minimum atomic E-state index is -3.01. The van der Waals surface area contributed by atoms with Crippen LogP contribution in [0.2, 0.25) is 0 Å². The van der Waals surface area contributed by atoms with Crippen molar-refractivity contribution in [3.8, 4) is 0 Å². The first kappa shape index (κ1) is 23.5. The molecule has 0 amide bonds. The van der Waals surface area contributed by atoms with Crippen LogP contribution in [-0.4, -0.2) is 46.8 Å². The van der Waals surface area contributed by atoms with E-state index in [1.807, 2.05) is 30.3 Å². The van der Waals surface area contributed by atoms with Crippen LogP contribution < -0.4 is 15.5 Å². The van der Waals surface area contributed by atoms with E-state index in [1.54, 1.807) is 7.05 Å². The van der Waals surface area contributed by atoms with Gasteiger partial charge in [-0.25, -0.2) is 8.42 Å². The molecule has 1 aliphatic rings. The zero-order valence-corrected chi connectivity index (χ0v) is 20.0. The zero-order chi connectivity index (χ0) is 20.0. The van der Waals surface area contributed by atoms with Crippen LogP contribution in [0, 0.1) is 0 Å². The summed E-state index contributed by atoms with van der Waals surface area (Å²) >= 11 is 0. The number of nitrogens with zero attached hydrogens (tertiary/aromatic N) is 2. The van der Waals surface area contributed by atoms with Crippen molar-refractivity contribution in [1.29, 1.82) is 0 Å². The molecule has 0 radical (unpaired) electrons. The maximum absolute atomic E-state index is 11.4. The Hall–Kier alpha value is -1.81. The van der Waals surface area contributed by atoms with Gasteiger partial charge < -0.3 is 15.5 Å². The maximum atomic E-state index is 11.4.